The van der Waals surface area contributed by atoms with E-state index in [1.54, 1.807) is 12.1 Å². The minimum atomic E-state index is -1.10. The first-order chi connectivity index (χ1) is 12.0. The van der Waals surface area contributed by atoms with Crippen LogP contribution < -0.4 is 5.32 Å². The summed E-state index contributed by atoms with van der Waals surface area (Å²) in [5, 5.41) is 2.49. The number of hydrogen-bond donors (Lipinski definition) is 1. The zero-order chi connectivity index (χ0) is 18.2. The maximum absolute atomic E-state index is 12.3. The predicted octanol–water partition coefficient (Wildman–Crippen LogP) is 2.19. The van der Waals surface area contributed by atoms with Gasteiger partial charge in [-0.15, -0.1) is 0 Å². The standard InChI is InChI=1S/C19H19NO5/c1-24-17(21)12-16(19(23)25-2)20-18(22)15-10-8-14(9-11-15)13-6-4-3-5-7-13/h3-11,16H,12H2,1-2H3,(H,20,22)/t16-/m0/s1. The number of hydrogen-bond acceptors (Lipinski definition) is 5. The van der Waals surface area contributed by atoms with Crippen LogP contribution in [0.3, 0.4) is 0 Å². The molecule has 2 aromatic carbocycles. The molecule has 0 aromatic heterocycles. The van der Waals surface area contributed by atoms with Crippen LogP contribution >= 0.6 is 0 Å². The Hall–Kier alpha value is -3.15. The third kappa shape index (κ3) is 4.91. The Kier molecular flexibility index (Phi) is 6.28. The molecule has 0 heterocycles. The topological polar surface area (TPSA) is 81.7 Å². The molecule has 2 rings (SSSR count). The van der Waals surface area contributed by atoms with E-state index in [-0.39, 0.29) is 6.42 Å². The van der Waals surface area contributed by atoms with Crippen LogP contribution in [-0.4, -0.2) is 38.1 Å². The number of methoxy groups -OCH3 is 2. The summed E-state index contributed by atoms with van der Waals surface area (Å²) in [5.74, 6) is -1.80. The summed E-state index contributed by atoms with van der Waals surface area (Å²) < 4.78 is 9.14. The summed E-state index contributed by atoms with van der Waals surface area (Å²) in [6.07, 6.45) is -0.295. The van der Waals surface area contributed by atoms with E-state index in [1.165, 1.54) is 14.2 Å². The van der Waals surface area contributed by atoms with Crippen LogP contribution in [-0.2, 0) is 19.1 Å². The summed E-state index contributed by atoms with van der Waals surface area (Å²) in [4.78, 5) is 35.4. The van der Waals surface area contributed by atoms with Gasteiger partial charge in [-0.1, -0.05) is 42.5 Å². The lowest BCUT2D eigenvalue weighted by atomic mass is 10.0. The molecule has 0 spiro atoms. The fourth-order valence-corrected chi connectivity index (χ4v) is 2.27. The van der Waals surface area contributed by atoms with Gasteiger partial charge in [0.15, 0.2) is 0 Å². The average molecular weight is 341 g/mol. The SMILES string of the molecule is COC(=O)C[C@H](NC(=O)c1ccc(-c2ccccc2)cc1)C(=O)OC. The lowest BCUT2D eigenvalue weighted by molar-refractivity contribution is -0.149. The maximum atomic E-state index is 12.3. The maximum Gasteiger partial charge on any atom is 0.328 e. The van der Waals surface area contributed by atoms with Gasteiger partial charge >= 0.3 is 11.9 Å². The first-order valence-electron chi connectivity index (χ1n) is 7.66. The number of carbonyl (C=O) groups excluding carboxylic acids is 3. The highest BCUT2D eigenvalue weighted by molar-refractivity contribution is 5.98. The summed E-state index contributed by atoms with van der Waals surface area (Å²) in [7, 11) is 2.40. The number of ether oxygens (including phenoxy) is 2. The van der Waals surface area contributed by atoms with Gasteiger partial charge in [0.05, 0.1) is 20.6 Å². The molecule has 6 heteroatoms. The van der Waals surface area contributed by atoms with Crippen molar-refractivity contribution in [1.82, 2.24) is 5.32 Å². The molecule has 1 atom stereocenters. The summed E-state index contributed by atoms with van der Waals surface area (Å²) >= 11 is 0. The van der Waals surface area contributed by atoms with E-state index in [0.29, 0.717) is 5.56 Å². The van der Waals surface area contributed by atoms with Crippen LogP contribution in [0.1, 0.15) is 16.8 Å². The Labute approximate surface area is 145 Å². The van der Waals surface area contributed by atoms with Crippen LogP contribution in [0.2, 0.25) is 0 Å². The fraction of sp³-hybridized carbons (Fsp3) is 0.211. The van der Waals surface area contributed by atoms with Gasteiger partial charge in [-0.25, -0.2) is 4.79 Å². The van der Waals surface area contributed by atoms with Crippen LogP contribution in [0.5, 0.6) is 0 Å². The molecule has 0 radical (unpaired) electrons. The van der Waals surface area contributed by atoms with E-state index in [0.717, 1.165) is 11.1 Å². The molecular formula is C19H19NO5. The van der Waals surface area contributed by atoms with E-state index >= 15 is 0 Å². The molecule has 2 aromatic rings. The van der Waals surface area contributed by atoms with Crippen molar-refractivity contribution in [2.75, 3.05) is 14.2 Å². The van der Waals surface area contributed by atoms with E-state index in [2.05, 4.69) is 14.8 Å². The molecule has 6 nitrogen and oxygen atoms in total. The Morgan fingerprint density at radius 1 is 0.880 bits per heavy atom. The van der Waals surface area contributed by atoms with Crippen molar-refractivity contribution in [3.05, 3.63) is 60.2 Å². The highest BCUT2D eigenvalue weighted by Gasteiger charge is 2.25. The second-order valence-electron chi connectivity index (χ2n) is 5.27. The quantitative estimate of drug-likeness (QED) is 0.815. The molecule has 0 aliphatic carbocycles. The number of rotatable bonds is 6. The van der Waals surface area contributed by atoms with E-state index in [1.807, 2.05) is 42.5 Å². The van der Waals surface area contributed by atoms with Crippen molar-refractivity contribution in [2.24, 2.45) is 0 Å². The van der Waals surface area contributed by atoms with Crippen molar-refractivity contribution >= 4 is 17.8 Å². The number of nitrogens with one attached hydrogen (secondary N) is 1. The Balaban J connectivity index is 2.10. The molecular weight excluding hydrogens is 322 g/mol. The minimum absolute atomic E-state index is 0.295. The largest absolute Gasteiger partial charge is 0.469 e. The average Bonchev–Trinajstić information content (AvgIpc) is 2.67. The number of amides is 1. The van der Waals surface area contributed by atoms with Gasteiger partial charge in [-0.3, -0.25) is 9.59 Å². The first-order valence-corrected chi connectivity index (χ1v) is 7.66. The normalized spacial score (nSPS) is 11.3. The second-order valence-corrected chi connectivity index (χ2v) is 5.27. The minimum Gasteiger partial charge on any atom is -0.469 e. The number of esters is 2. The molecule has 0 saturated carbocycles. The Morgan fingerprint density at radius 2 is 1.48 bits per heavy atom. The van der Waals surface area contributed by atoms with Gasteiger partial charge in [0.2, 0.25) is 0 Å². The lowest BCUT2D eigenvalue weighted by Gasteiger charge is -2.15. The molecule has 0 fully saturated rings. The lowest BCUT2D eigenvalue weighted by Crippen LogP contribution is -2.43. The summed E-state index contributed by atoms with van der Waals surface area (Å²) in [6.45, 7) is 0. The Morgan fingerprint density at radius 3 is 2.04 bits per heavy atom. The summed E-state index contributed by atoms with van der Waals surface area (Å²) in [6, 6.07) is 15.6. The molecule has 0 bridgehead atoms. The van der Waals surface area contributed by atoms with Crippen molar-refractivity contribution in [1.29, 1.82) is 0 Å². The van der Waals surface area contributed by atoms with Crippen LogP contribution in [0.4, 0.5) is 0 Å². The van der Waals surface area contributed by atoms with E-state index in [4.69, 9.17) is 0 Å². The predicted molar refractivity (Wildman–Crippen MR) is 91.8 cm³/mol. The van der Waals surface area contributed by atoms with Crippen LogP contribution in [0.15, 0.2) is 54.6 Å². The van der Waals surface area contributed by atoms with E-state index in [9.17, 15) is 14.4 Å². The molecule has 130 valence electrons. The third-order valence-corrected chi connectivity index (χ3v) is 3.64. The zero-order valence-corrected chi connectivity index (χ0v) is 14.0. The van der Waals surface area contributed by atoms with Gasteiger partial charge in [-0.05, 0) is 23.3 Å². The monoisotopic (exact) mass is 341 g/mol. The number of carbonyl (C=O) groups is 3. The highest BCUT2D eigenvalue weighted by atomic mass is 16.5. The zero-order valence-electron chi connectivity index (χ0n) is 14.0. The highest BCUT2D eigenvalue weighted by Crippen LogP contribution is 2.19. The smallest absolute Gasteiger partial charge is 0.328 e. The molecule has 0 aliphatic heterocycles. The van der Waals surface area contributed by atoms with Gasteiger partial charge in [0, 0.05) is 5.56 Å². The van der Waals surface area contributed by atoms with Crippen molar-refractivity contribution in [3.8, 4) is 11.1 Å². The molecule has 0 saturated heterocycles. The van der Waals surface area contributed by atoms with Gasteiger partial charge in [-0.2, -0.15) is 0 Å². The summed E-state index contributed by atoms with van der Waals surface area (Å²) in [5.41, 5.74) is 2.38. The number of benzene rings is 2. The van der Waals surface area contributed by atoms with Crippen LogP contribution in [0, 0.1) is 0 Å². The van der Waals surface area contributed by atoms with Gasteiger partial charge in [0.1, 0.15) is 6.04 Å². The molecule has 25 heavy (non-hydrogen) atoms. The molecule has 0 aliphatic rings. The van der Waals surface area contributed by atoms with Gasteiger partial charge in [0.25, 0.3) is 5.91 Å². The molecule has 0 unspecified atom stereocenters. The van der Waals surface area contributed by atoms with Gasteiger partial charge < -0.3 is 14.8 Å². The molecule has 1 amide bonds. The third-order valence-electron chi connectivity index (χ3n) is 3.64. The first kappa shape index (κ1) is 18.2. The molecule has 1 N–H and O–H groups in total. The van der Waals surface area contributed by atoms with E-state index < -0.39 is 23.9 Å². The fourth-order valence-electron chi connectivity index (χ4n) is 2.27. The van der Waals surface area contributed by atoms with Crippen molar-refractivity contribution in [2.45, 2.75) is 12.5 Å². The Bertz CT molecular complexity index is 740. The van der Waals surface area contributed by atoms with Crippen molar-refractivity contribution in [3.63, 3.8) is 0 Å². The van der Waals surface area contributed by atoms with Crippen LogP contribution in [0.25, 0.3) is 11.1 Å². The second kappa shape index (κ2) is 8.63. The van der Waals surface area contributed by atoms with Crippen molar-refractivity contribution < 1.29 is 23.9 Å².